The summed E-state index contributed by atoms with van der Waals surface area (Å²) >= 11 is 0. The fraction of sp³-hybridized carbons (Fsp3) is 0.550. The summed E-state index contributed by atoms with van der Waals surface area (Å²) in [5.41, 5.74) is 0.554. The first-order valence-corrected chi connectivity index (χ1v) is 9.42. The van der Waals surface area contributed by atoms with Crippen molar-refractivity contribution in [3.63, 3.8) is 0 Å². The maximum absolute atomic E-state index is 13.7. The van der Waals surface area contributed by atoms with E-state index in [-0.39, 0.29) is 11.7 Å². The predicted octanol–water partition coefficient (Wildman–Crippen LogP) is 4.22. The molecule has 4 rings (SSSR count). The van der Waals surface area contributed by atoms with Crippen LogP contribution in [0.15, 0.2) is 24.4 Å². The van der Waals surface area contributed by atoms with Crippen molar-refractivity contribution in [2.24, 2.45) is 0 Å². The molecular formula is C20H23F3N2O2. The Labute approximate surface area is 155 Å². The molecule has 3 atom stereocenters. The standard InChI is InChI=1S/C20H23F3N2O2/c1-24-13-3-2-4-14(24)9-15(8-13)27-20(26)17-10-25(11-19(22)23)18-6-5-12(21)7-16(17)18/h5-7,10,13-15,19H,2-4,8-9,11H2,1H3/t13-,14+,15-. The lowest BCUT2D eigenvalue weighted by Gasteiger charge is -2.46. The fourth-order valence-electron chi connectivity index (χ4n) is 4.61. The molecule has 2 saturated heterocycles. The zero-order valence-electron chi connectivity index (χ0n) is 15.2. The van der Waals surface area contributed by atoms with Crippen molar-refractivity contribution in [2.75, 3.05) is 7.05 Å². The molecular weight excluding hydrogens is 357 g/mol. The molecule has 0 amide bonds. The van der Waals surface area contributed by atoms with Gasteiger partial charge in [0.15, 0.2) is 0 Å². The second-order valence-electron chi connectivity index (χ2n) is 7.65. The van der Waals surface area contributed by atoms with E-state index in [4.69, 9.17) is 4.74 Å². The van der Waals surface area contributed by atoms with Crippen LogP contribution in [0.3, 0.4) is 0 Å². The van der Waals surface area contributed by atoms with Crippen LogP contribution in [0.25, 0.3) is 10.9 Å². The summed E-state index contributed by atoms with van der Waals surface area (Å²) in [5.74, 6) is -1.08. The predicted molar refractivity (Wildman–Crippen MR) is 95.5 cm³/mol. The first kappa shape index (κ1) is 18.3. The summed E-state index contributed by atoms with van der Waals surface area (Å²) in [6, 6.07) is 4.65. The Morgan fingerprint density at radius 1 is 1.26 bits per heavy atom. The number of benzene rings is 1. The molecule has 146 valence electrons. The van der Waals surface area contributed by atoms with Gasteiger partial charge >= 0.3 is 5.97 Å². The molecule has 0 saturated carbocycles. The molecule has 2 aliphatic rings. The average molecular weight is 380 g/mol. The van der Waals surface area contributed by atoms with Crippen molar-refractivity contribution >= 4 is 16.9 Å². The Morgan fingerprint density at radius 3 is 2.63 bits per heavy atom. The Morgan fingerprint density at radius 2 is 1.96 bits per heavy atom. The van der Waals surface area contributed by atoms with Gasteiger partial charge in [-0.15, -0.1) is 0 Å². The molecule has 0 aliphatic carbocycles. The Kier molecular flexibility index (Phi) is 4.88. The molecule has 27 heavy (non-hydrogen) atoms. The smallest absolute Gasteiger partial charge is 0.340 e. The van der Waals surface area contributed by atoms with Gasteiger partial charge in [-0.1, -0.05) is 6.42 Å². The van der Waals surface area contributed by atoms with Gasteiger partial charge in [0, 0.05) is 42.0 Å². The van der Waals surface area contributed by atoms with Gasteiger partial charge in [0.25, 0.3) is 6.43 Å². The number of halogens is 3. The SMILES string of the molecule is CN1[C@@H]2CCC[C@H]1C[C@H](OC(=O)c1cn(CC(F)F)c3ccc(F)cc13)C2. The molecule has 0 N–H and O–H groups in total. The Bertz CT molecular complexity index is 837. The molecule has 1 aromatic carbocycles. The van der Waals surface area contributed by atoms with E-state index in [9.17, 15) is 18.0 Å². The van der Waals surface area contributed by atoms with Crippen molar-refractivity contribution in [2.45, 2.75) is 63.3 Å². The van der Waals surface area contributed by atoms with Crippen LogP contribution >= 0.6 is 0 Å². The summed E-state index contributed by atoms with van der Waals surface area (Å²) in [4.78, 5) is 15.2. The van der Waals surface area contributed by atoms with Gasteiger partial charge < -0.3 is 14.2 Å². The number of carbonyl (C=O) groups is 1. The number of hydrogen-bond donors (Lipinski definition) is 0. The minimum Gasteiger partial charge on any atom is -0.459 e. The van der Waals surface area contributed by atoms with E-state index >= 15 is 0 Å². The third-order valence-electron chi connectivity index (χ3n) is 5.97. The fourth-order valence-corrected chi connectivity index (χ4v) is 4.61. The summed E-state index contributed by atoms with van der Waals surface area (Å²) in [5, 5.41) is 0.314. The molecule has 7 heteroatoms. The van der Waals surface area contributed by atoms with Crippen molar-refractivity contribution < 1.29 is 22.7 Å². The lowest BCUT2D eigenvalue weighted by molar-refractivity contribution is -0.0318. The molecule has 3 heterocycles. The summed E-state index contributed by atoms with van der Waals surface area (Å²) in [6.45, 7) is -0.548. The van der Waals surface area contributed by atoms with E-state index in [0.29, 0.717) is 23.0 Å². The van der Waals surface area contributed by atoms with E-state index < -0.39 is 24.8 Å². The van der Waals surface area contributed by atoms with Crippen LogP contribution in [0.1, 0.15) is 42.5 Å². The lowest BCUT2D eigenvalue weighted by atomic mass is 9.83. The number of rotatable bonds is 4. The quantitative estimate of drug-likeness (QED) is 0.745. The number of nitrogens with zero attached hydrogens (tertiary/aromatic N) is 2. The van der Waals surface area contributed by atoms with E-state index in [2.05, 4.69) is 11.9 Å². The molecule has 2 fully saturated rings. The third kappa shape index (κ3) is 3.57. The second-order valence-corrected chi connectivity index (χ2v) is 7.65. The summed E-state index contributed by atoms with van der Waals surface area (Å²) in [7, 11) is 2.12. The van der Waals surface area contributed by atoms with Gasteiger partial charge in [-0.3, -0.25) is 0 Å². The van der Waals surface area contributed by atoms with Crippen LogP contribution in [0.5, 0.6) is 0 Å². The highest BCUT2D eigenvalue weighted by molar-refractivity contribution is 6.04. The van der Waals surface area contributed by atoms with Crippen LogP contribution in [0, 0.1) is 5.82 Å². The van der Waals surface area contributed by atoms with Gasteiger partial charge in [0.1, 0.15) is 11.9 Å². The average Bonchev–Trinajstić information content (AvgIpc) is 2.93. The zero-order chi connectivity index (χ0) is 19.1. The first-order valence-electron chi connectivity index (χ1n) is 9.42. The molecule has 4 nitrogen and oxygen atoms in total. The zero-order valence-corrected chi connectivity index (χ0v) is 15.2. The largest absolute Gasteiger partial charge is 0.459 e. The first-order chi connectivity index (χ1) is 12.9. The number of fused-ring (bicyclic) bond motifs is 3. The summed E-state index contributed by atoms with van der Waals surface area (Å²) < 4.78 is 46.5. The van der Waals surface area contributed by atoms with Gasteiger partial charge in [0.05, 0.1) is 12.1 Å². The highest BCUT2D eigenvalue weighted by Crippen LogP contribution is 2.34. The molecule has 0 unspecified atom stereocenters. The highest BCUT2D eigenvalue weighted by atomic mass is 19.3. The number of esters is 1. The molecule has 2 bridgehead atoms. The topological polar surface area (TPSA) is 34.5 Å². The Hall–Kier alpha value is -2.02. The van der Waals surface area contributed by atoms with Gasteiger partial charge in [0.2, 0.25) is 0 Å². The maximum Gasteiger partial charge on any atom is 0.340 e. The Balaban J connectivity index is 1.58. The van der Waals surface area contributed by atoms with Crippen LogP contribution in [-0.4, -0.2) is 47.1 Å². The van der Waals surface area contributed by atoms with Crippen LogP contribution in [-0.2, 0) is 11.3 Å². The van der Waals surface area contributed by atoms with Crippen molar-refractivity contribution in [3.05, 3.63) is 35.8 Å². The van der Waals surface area contributed by atoms with Crippen LogP contribution < -0.4 is 0 Å². The number of hydrogen-bond acceptors (Lipinski definition) is 3. The molecule has 2 aromatic rings. The number of aromatic nitrogens is 1. The van der Waals surface area contributed by atoms with E-state index in [1.165, 1.54) is 35.4 Å². The van der Waals surface area contributed by atoms with Gasteiger partial charge in [-0.05, 0) is 38.1 Å². The van der Waals surface area contributed by atoms with Crippen molar-refractivity contribution in [1.29, 1.82) is 0 Å². The normalized spacial score (nSPS) is 25.9. The highest BCUT2D eigenvalue weighted by Gasteiger charge is 2.37. The monoisotopic (exact) mass is 380 g/mol. The number of ether oxygens (including phenoxy) is 1. The minimum absolute atomic E-state index is 0.147. The van der Waals surface area contributed by atoms with Gasteiger partial charge in [-0.2, -0.15) is 0 Å². The van der Waals surface area contributed by atoms with Gasteiger partial charge in [-0.25, -0.2) is 18.0 Å². The van der Waals surface area contributed by atoms with E-state index in [1.807, 2.05) is 0 Å². The van der Waals surface area contributed by atoms with Crippen molar-refractivity contribution in [1.82, 2.24) is 9.47 Å². The minimum atomic E-state index is -2.57. The van der Waals surface area contributed by atoms with Crippen LogP contribution in [0.4, 0.5) is 13.2 Å². The third-order valence-corrected chi connectivity index (χ3v) is 5.97. The molecule has 2 aliphatic heterocycles. The summed E-state index contributed by atoms with van der Waals surface area (Å²) in [6.07, 6.45) is 3.55. The number of piperidine rings is 2. The molecule has 0 radical (unpaired) electrons. The lowest BCUT2D eigenvalue weighted by Crippen LogP contribution is -2.52. The number of alkyl halides is 2. The van der Waals surface area contributed by atoms with Crippen molar-refractivity contribution in [3.8, 4) is 0 Å². The molecule has 0 spiro atoms. The molecule has 1 aromatic heterocycles. The second kappa shape index (κ2) is 7.19. The van der Waals surface area contributed by atoms with E-state index in [0.717, 1.165) is 25.7 Å². The van der Waals surface area contributed by atoms with E-state index in [1.54, 1.807) is 0 Å². The number of carbonyl (C=O) groups excluding carboxylic acids is 1. The maximum atomic E-state index is 13.7. The van der Waals surface area contributed by atoms with Crippen LogP contribution in [0.2, 0.25) is 0 Å².